The average molecular weight is 391 g/mol. The highest BCUT2D eigenvalue weighted by Gasteiger charge is 2.49. The minimum atomic E-state index is -1.43. The minimum Gasteiger partial charge on any atom is -0.477 e. The summed E-state index contributed by atoms with van der Waals surface area (Å²) in [5.74, 6) is -4.56. The monoisotopic (exact) mass is 391 g/mol. The van der Waals surface area contributed by atoms with Crippen LogP contribution in [-0.4, -0.2) is 28.6 Å². The van der Waals surface area contributed by atoms with Crippen molar-refractivity contribution in [3.8, 4) is 11.1 Å². The fourth-order valence-electron chi connectivity index (χ4n) is 3.88. The molecule has 0 bridgehead atoms. The quantitative estimate of drug-likeness (QED) is 0.771. The van der Waals surface area contributed by atoms with Crippen molar-refractivity contribution in [1.29, 1.82) is 0 Å². The number of carbonyl (C=O) groups excluding carboxylic acids is 1. The predicted molar refractivity (Wildman–Crippen MR) is 102 cm³/mol. The van der Waals surface area contributed by atoms with Gasteiger partial charge in [0.25, 0.3) is 0 Å². The van der Waals surface area contributed by atoms with E-state index in [0.29, 0.717) is 11.4 Å². The number of anilines is 1. The molecular formula is C22H13F2N2O3+. The number of halogens is 2. The summed E-state index contributed by atoms with van der Waals surface area (Å²) in [5.41, 5.74) is 2.11. The number of aliphatic carboxylic acids is 1. The van der Waals surface area contributed by atoms with Gasteiger partial charge in [-0.25, -0.2) is 14.2 Å². The molecule has 2 heterocycles. The van der Waals surface area contributed by atoms with Crippen LogP contribution in [0.15, 0.2) is 83.6 Å². The lowest BCUT2D eigenvalue weighted by molar-refractivity contribution is -0.357. The van der Waals surface area contributed by atoms with E-state index in [2.05, 4.69) is 4.99 Å². The number of carboxylic acid groups (broad SMARTS) is 1. The molecule has 5 nitrogen and oxygen atoms in total. The van der Waals surface area contributed by atoms with E-state index in [1.807, 2.05) is 42.5 Å². The summed E-state index contributed by atoms with van der Waals surface area (Å²) in [6.07, 6.45) is 1.97. The molecule has 2 N–H and O–H groups in total. The van der Waals surface area contributed by atoms with E-state index in [0.717, 1.165) is 17.2 Å². The van der Waals surface area contributed by atoms with Gasteiger partial charge in [0.05, 0.1) is 0 Å². The SMILES string of the molecule is O=C(O)C1=CN2c3cc(-c4ccccc4)ccc3[NH+]=C3C(F)=C(F)C=C(C1=O)C32. The van der Waals surface area contributed by atoms with E-state index in [1.54, 1.807) is 6.07 Å². The van der Waals surface area contributed by atoms with Gasteiger partial charge in [0, 0.05) is 17.8 Å². The third-order valence-electron chi connectivity index (χ3n) is 5.23. The molecule has 3 aliphatic rings. The minimum absolute atomic E-state index is 0.117. The Bertz CT molecular complexity index is 1230. The molecule has 142 valence electrons. The van der Waals surface area contributed by atoms with Crippen molar-refractivity contribution in [2.45, 2.75) is 6.04 Å². The fourth-order valence-corrected chi connectivity index (χ4v) is 3.88. The van der Waals surface area contributed by atoms with Gasteiger partial charge in [0.1, 0.15) is 11.3 Å². The maximum Gasteiger partial charge on any atom is 0.341 e. The first kappa shape index (κ1) is 17.2. The Morgan fingerprint density at radius 3 is 2.55 bits per heavy atom. The first-order valence-corrected chi connectivity index (χ1v) is 8.84. The van der Waals surface area contributed by atoms with Crippen LogP contribution in [-0.2, 0) is 9.59 Å². The number of benzene rings is 2. The molecule has 0 saturated heterocycles. The number of Topliss-reactive ketones (excluding diaryl/α,β-unsaturated/α-hetero) is 1. The van der Waals surface area contributed by atoms with Crippen LogP contribution in [0.5, 0.6) is 0 Å². The Balaban J connectivity index is 1.77. The number of hydrogen-bond acceptors (Lipinski definition) is 3. The Labute approximate surface area is 163 Å². The molecular weight excluding hydrogens is 378 g/mol. The smallest absolute Gasteiger partial charge is 0.341 e. The maximum atomic E-state index is 14.5. The van der Waals surface area contributed by atoms with Gasteiger partial charge in [0.15, 0.2) is 11.9 Å². The number of allylic oxidation sites excluding steroid dienone is 2. The molecule has 2 aromatic carbocycles. The molecule has 0 saturated carbocycles. The second-order valence-electron chi connectivity index (χ2n) is 6.89. The highest BCUT2D eigenvalue weighted by Crippen LogP contribution is 2.40. The molecule has 0 spiro atoms. The first-order chi connectivity index (χ1) is 14.0. The number of ketones is 1. The van der Waals surface area contributed by atoms with E-state index >= 15 is 0 Å². The van der Waals surface area contributed by atoms with Crippen LogP contribution >= 0.6 is 0 Å². The molecule has 1 atom stereocenters. The Morgan fingerprint density at radius 2 is 1.83 bits per heavy atom. The first-order valence-electron chi connectivity index (χ1n) is 8.84. The van der Waals surface area contributed by atoms with Gasteiger partial charge in [-0.05, 0) is 29.3 Å². The van der Waals surface area contributed by atoms with Gasteiger partial charge in [-0.1, -0.05) is 30.3 Å². The standard InChI is InChI=1S/C22H12F2N2O3/c23-15-9-13-20-19(18(15)24)25-16-7-6-12(11-4-2-1-3-5-11)8-17(16)26(20)10-14(21(13)27)22(28)29/h1-10,20H,(H,28,29)/p+1. The van der Waals surface area contributed by atoms with Crippen molar-refractivity contribution in [2.75, 3.05) is 4.90 Å². The largest absolute Gasteiger partial charge is 0.477 e. The van der Waals surface area contributed by atoms with Crippen molar-refractivity contribution < 1.29 is 28.5 Å². The molecule has 2 aromatic rings. The molecule has 1 aliphatic carbocycles. The fraction of sp³-hybridized carbons (Fsp3) is 0.0455. The topological polar surface area (TPSA) is 71.6 Å². The maximum absolute atomic E-state index is 14.5. The zero-order chi connectivity index (χ0) is 20.3. The number of fused-ring (bicyclic) bond motifs is 2. The Kier molecular flexibility index (Phi) is 3.61. The van der Waals surface area contributed by atoms with E-state index in [1.165, 1.54) is 11.1 Å². The van der Waals surface area contributed by atoms with E-state index in [4.69, 9.17) is 0 Å². The Morgan fingerprint density at radius 1 is 1.07 bits per heavy atom. The number of rotatable bonds is 2. The van der Waals surface area contributed by atoms with Crippen LogP contribution in [0.2, 0.25) is 0 Å². The van der Waals surface area contributed by atoms with Gasteiger partial charge in [0.2, 0.25) is 23.0 Å². The summed E-state index contributed by atoms with van der Waals surface area (Å²) in [4.78, 5) is 28.6. The second-order valence-corrected chi connectivity index (χ2v) is 6.89. The molecule has 5 rings (SSSR count). The molecule has 1 unspecified atom stereocenters. The van der Waals surface area contributed by atoms with Crippen molar-refractivity contribution in [3.63, 3.8) is 0 Å². The van der Waals surface area contributed by atoms with Crippen LogP contribution in [0.3, 0.4) is 0 Å². The number of nitrogens with one attached hydrogen (secondary N) is 1. The normalized spacial score (nSPS) is 19.8. The van der Waals surface area contributed by atoms with Crippen LogP contribution < -0.4 is 9.89 Å². The van der Waals surface area contributed by atoms with E-state index < -0.39 is 35.0 Å². The lowest BCUT2D eigenvalue weighted by atomic mass is 9.84. The summed E-state index contributed by atoms with van der Waals surface area (Å²) in [6, 6.07) is 14.0. The van der Waals surface area contributed by atoms with Gasteiger partial charge in [-0.2, -0.15) is 4.39 Å². The van der Waals surface area contributed by atoms with Gasteiger partial charge in [-0.15, -0.1) is 0 Å². The van der Waals surface area contributed by atoms with Crippen LogP contribution in [0.4, 0.5) is 20.2 Å². The summed E-state index contributed by atoms with van der Waals surface area (Å²) in [5, 5.41) is 9.45. The zero-order valence-corrected chi connectivity index (χ0v) is 14.8. The molecule has 29 heavy (non-hydrogen) atoms. The molecule has 0 fully saturated rings. The summed E-state index contributed by atoms with van der Waals surface area (Å²) < 4.78 is 28.7. The van der Waals surface area contributed by atoms with Crippen molar-refractivity contribution in [2.24, 2.45) is 0 Å². The lowest BCUT2D eigenvalue weighted by Crippen LogP contribution is -2.75. The number of carbonyl (C=O) groups is 2. The summed E-state index contributed by atoms with van der Waals surface area (Å²) >= 11 is 0. The second kappa shape index (κ2) is 6.07. The lowest BCUT2D eigenvalue weighted by Gasteiger charge is -2.37. The molecule has 7 heteroatoms. The zero-order valence-electron chi connectivity index (χ0n) is 14.8. The third-order valence-corrected chi connectivity index (χ3v) is 5.23. The number of nitrogens with zero attached hydrogens (tertiary/aromatic N) is 1. The number of hydrogen-bond donors (Lipinski definition) is 2. The van der Waals surface area contributed by atoms with E-state index in [9.17, 15) is 23.5 Å². The highest BCUT2D eigenvalue weighted by molar-refractivity contribution is 6.29. The summed E-state index contributed by atoms with van der Waals surface area (Å²) in [6.45, 7) is 0. The van der Waals surface area contributed by atoms with Gasteiger partial charge >= 0.3 is 5.97 Å². The third kappa shape index (κ3) is 2.47. The Hall–Kier alpha value is -3.87. The van der Waals surface area contributed by atoms with Crippen LogP contribution in [0.25, 0.3) is 11.1 Å². The van der Waals surface area contributed by atoms with Crippen molar-refractivity contribution >= 4 is 28.8 Å². The molecule has 0 radical (unpaired) electrons. The average Bonchev–Trinajstić information content (AvgIpc) is 2.73. The van der Waals surface area contributed by atoms with Crippen LogP contribution in [0, 0.1) is 0 Å². The molecule has 0 amide bonds. The molecule has 2 aliphatic heterocycles. The van der Waals surface area contributed by atoms with Crippen molar-refractivity contribution in [3.05, 3.63) is 83.6 Å². The van der Waals surface area contributed by atoms with E-state index in [-0.39, 0.29) is 11.3 Å². The number of carboxylic acids is 1. The van der Waals surface area contributed by atoms with Crippen LogP contribution in [0.1, 0.15) is 0 Å². The summed E-state index contributed by atoms with van der Waals surface area (Å²) in [7, 11) is 0. The van der Waals surface area contributed by atoms with Gasteiger partial charge in [-0.3, -0.25) is 4.79 Å². The highest BCUT2D eigenvalue weighted by atomic mass is 19.2. The predicted octanol–water partition coefficient (Wildman–Crippen LogP) is 2.34. The molecule has 0 aromatic heterocycles. The van der Waals surface area contributed by atoms with Crippen molar-refractivity contribution in [1.82, 2.24) is 0 Å². The van der Waals surface area contributed by atoms with Gasteiger partial charge < -0.3 is 10.0 Å².